The first-order chi connectivity index (χ1) is 9.52. The Labute approximate surface area is 131 Å². The second-order valence-corrected chi connectivity index (χ2v) is 5.71. The number of rotatable bonds is 8. The summed E-state index contributed by atoms with van der Waals surface area (Å²) in [5, 5.41) is 7.52. The summed E-state index contributed by atoms with van der Waals surface area (Å²) >= 11 is 11.9. The molecule has 0 aliphatic rings. The van der Waals surface area contributed by atoms with Gasteiger partial charge in [-0.15, -0.1) is 0 Å². The van der Waals surface area contributed by atoms with Crippen LogP contribution in [0.4, 0.5) is 0 Å². The van der Waals surface area contributed by atoms with Crippen LogP contribution >= 0.6 is 23.2 Å². The van der Waals surface area contributed by atoms with Gasteiger partial charge in [0, 0.05) is 29.1 Å². The highest BCUT2D eigenvalue weighted by atomic mass is 35.5. The fraction of sp³-hybridized carbons (Fsp3) is 0.533. The molecule has 1 rings (SSSR count). The highest BCUT2D eigenvalue weighted by Gasteiger charge is 2.05. The van der Waals surface area contributed by atoms with E-state index < -0.39 is 0 Å². The zero-order valence-corrected chi connectivity index (χ0v) is 13.5. The minimum atomic E-state index is 0.0939. The average Bonchev–Trinajstić information content (AvgIpc) is 2.40. The maximum absolute atomic E-state index is 11.6. The highest BCUT2D eigenvalue weighted by Crippen LogP contribution is 2.20. The fourth-order valence-electron chi connectivity index (χ4n) is 1.72. The van der Waals surface area contributed by atoms with E-state index in [0.717, 1.165) is 24.9 Å². The maximum atomic E-state index is 11.6. The fourth-order valence-corrected chi connectivity index (χ4v) is 2.23. The molecule has 0 fully saturated rings. The van der Waals surface area contributed by atoms with Gasteiger partial charge in [0.1, 0.15) is 0 Å². The summed E-state index contributed by atoms with van der Waals surface area (Å²) < 4.78 is 0. The van der Waals surface area contributed by atoms with Crippen molar-refractivity contribution in [3.05, 3.63) is 33.8 Å². The lowest BCUT2D eigenvalue weighted by Crippen LogP contribution is -2.34. The second kappa shape index (κ2) is 9.22. The Hall–Kier alpha value is -0.770. The molecule has 0 saturated carbocycles. The lowest BCUT2D eigenvalue weighted by atomic mass is 10.1. The van der Waals surface area contributed by atoms with Crippen LogP contribution in [-0.4, -0.2) is 25.0 Å². The second-order valence-electron chi connectivity index (χ2n) is 4.86. The molecule has 20 heavy (non-hydrogen) atoms. The van der Waals surface area contributed by atoms with Crippen molar-refractivity contribution in [2.24, 2.45) is 0 Å². The third-order valence-electron chi connectivity index (χ3n) is 3.13. The standard InChI is InChI=1S/C15H22Cl2N2O/c1-3-11(2)19-15(20)7-9-18-8-6-12-4-5-13(16)10-14(12)17/h4-5,10-11,18H,3,6-9H2,1-2H3,(H,19,20). The molecule has 1 aromatic rings. The predicted molar refractivity (Wildman–Crippen MR) is 85.5 cm³/mol. The third kappa shape index (κ3) is 6.60. The van der Waals surface area contributed by atoms with E-state index in [1.54, 1.807) is 6.07 Å². The number of hydrogen-bond acceptors (Lipinski definition) is 2. The van der Waals surface area contributed by atoms with Crippen LogP contribution < -0.4 is 10.6 Å². The zero-order chi connectivity index (χ0) is 15.0. The van der Waals surface area contributed by atoms with Crippen molar-refractivity contribution in [1.82, 2.24) is 10.6 Å². The number of carbonyl (C=O) groups is 1. The van der Waals surface area contributed by atoms with Crippen LogP contribution in [0.1, 0.15) is 32.3 Å². The summed E-state index contributed by atoms with van der Waals surface area (Å²) in [6.45, 7) is 5.53. The van der Waals surface area contributed by atoms with Crippen LogP contribution in [0.25, 0.3) is 0 Å². The van der Waals surface area contributed by atoms with E-state index in [0.29, 0.717) is 23.0 Å². The molecule has 1 unspecified atom stereocenters. The summed E-state index contributed by atoms with van der Waals surface area (Å²) in [4.78, 5) is 11.6. The molecule has 0 aromatic heterocycles. The molecule has 112 valence electrons. The lowest BCUT2D eigenvalue weighted by Gasteiger charge is -2.11. The number of amides is 1. The molecular weight excluding hydrogens is 295 g/mol. The van der Waals surface area contributed by atoms with E-state index >= 15 is 0 Å². The number of halogens is 2. The number of carbonyl (C=O) groups excluding carboxylic acids is 1. The van der Waals surface area contributed by atoms with Crippen molar-refractivity contribution in [2.75, 3.05) is 13.1 Å². The Morgan fingerprint density at radius 3 is 2.70 bits per heavy atom. The van der Waals surface area contributed by atoms with Crippen molar-refractivity contribution in [2.45, 2.75) is 39.2 Å². The van der Waals surface area contributed by atoms with E-state index in [2.05, 4.69) is 17.6 Å². The van der Waals surface area contributed by atoms with Gasteiger partial charge in [0.15, 0.2) is 0 Å². The summed E-state index contributed by atoms with van der Waals surface area (Å²) in [6.07, 6.45) is 2.27. The van der Waals surface area contributed by atoms with Crippen molar-refractivity contribution >= 4 is 29.1 Å². The molecule has 0 aliphatic carbocycles. The van der Waals surface area contributed by atoms with Gasteiger partial charge in [-0.1, -0.05) is 36.2 Å². The Balaban J connectivity index is 2.17. The van der Waals surface area contributed by atoms with Gasteiger partial charge >= 0.3 is 0 Å². The molecule has 0 bridgehead atoms. The van der Waals surface area contributed by atoms with E-state index in [4.69, 9.17) is 23.2 Å². The Kier molecular flexibility index (Phi) is 7.97. The number of hydrogen-bond donors (Lipinski definition) is 2. The molecule has 1 amide bonds. The zero-order valence-electron chi connectivity index (χ0n) is 12.0. The van der Waals surface area contributed by atoms with Crippen molar-refractivity contribution in [1.29, 1.82) is 0 Å². The minimum absolute atomic E-state index is 0.0939. The first kappa shape index (κ1) is 17.3. The van der Waals surface area contributed by atoms with Gasteiger partial charge in [0.25, 0.3) is 0 Å². The molecular formula is C15H22Cl2N2O. The quantitative estimate of drug-likeness (QED) is 0.721. The monoisotopic (exact) mass is 316 g/mol. The van der Waals surface area contributed by atoms with Crippen LogP contribution in [0.5, 0.6) is 0 Å². The molecule has 0 heterocycles. The molecule has 0 radical (unpaired) electrons. The van der Waals surface area contributed by atoms with Gasteiger partial charge in [0.05, 0.1) is 0 Å². The molecule has 0 saturated heterocycles. The smallest absolute Gasteiger partial charge is 0.221 e. The van der Waals surface area contributed by atoms with Crippen molar-refractivity contribution in [3.8, 4) is 0 Å². The Bertz CT molecular complexity index is 438. The lowest BCUT2D eigenvalue weighted by molar-refractivity contribution is -0.121. The van der Waals surface area contributed by atoms with Crippen molar-refractivity contribution < 1.29 is 4.79 Å². The van der Waals surface area contributed by atoms with Gasteiger partial charge in [0.2, 0.25) is 5.91 Å². The normalized spacial score (nSPS) is 12.2. The molecule has 1 aromatic carbocycles. The van der Waals surface area contributed by atoms with Crippen molar-refractivity contribution in [3.63, 3.8) is 0 Å². The Morgan fingerprint density at radius 2 is 2.05 bits per heavy atom. The van der Waals surface area contributed by atoms with Crippen LogP contribution in [0.2, 0.25) is 10.0 Å². The van der Waals surface area contributed by atoms with Gasteiger partial charge < -0.3 is 10.6 Å². The minimum Gasteiger partial charge on any atom is -0.354 e. The SMILES string of the molecule is CCC(C)NC(=O)CCNCCc1ccc(Cl)cc1Cl. The van der Waals surface area contributed by atoms with E-state index in [1.165, 1.54) is 0 Å². The van der Waals surface area contributed by atoms with Gasteiger partial charge in [-0.25, -0.2) is 0 Å². The van der Waals surface area contributed by atoms with Gasteiger partial charge in [-0.05, 0) is 44.0 Å². The van der Waals surface area contributed by atoms with E-state index in [1.807, 2.05) is 19.1 Å². The predicted octanol–water partition coefficient (Wildman–Crippen LogP) is 3.43. The summed E-state index contributed by atoms with van der Waals surface area (Å²) in [5.74, 6) is 0.0939. The molecule has 0 aliphatic heterocycles. The van der Waals surface area contributed by atoms with Crippen LogP contribution in [0, 0.1) is 0 Å². The number of nitrogens with one attached hydrogen (secondary N) is 2. The molecule has 5 heteroatoms. The summed E-state index contributed by atoms with van der Waals surface area (Å²) in [6, 6.07) is 5.76. The molecule has 3 nitrogen and oxygen atoms in total. The van der Waals surface area contributed by atoms with Crippen LogP contribution in [-0.2, 0) is 11.2 Å². The van der Waals surface area contributed by atoms with Crippen LogP contribution in [0.15, 0.2) is 18.2 Å². The van der Waals surface area contributed by atoms with Gasteiger partial charge in [-0.3, -0.25) is 4.79 Å². The van der Waals surface area contributed by atoms with Crippen LogP contribution in [0.3, 0.4) is 0 Å². The average molecular weight is 317 g/mol. The molecule has 2 N–H and O–H groups in total. The summed E-state index contributed by atoms with van der Waals surface area (Å²) in [7, 11) is 0. The molecule has 1 atom stereocenters. The first-order valence-corrected chi connectivity index (χ1v) is 7.72. The highest BCUT2D eigenvalue weighted by molar-refractivity contribution is 6.35. The maximum Gasteiger partial charge on any atom is 0.221 e. The largest absolute Gasteiger partial charge is 0.354 e. The van der Waals surface area contributed by atoms with Gasteiger partial charge in [-0.2, -0.15) is 0 Å². The topological polar surface area (TPSA) is 41.1 Å². The summed E-state index contributed by atoms with van der Waals surface area (Å²) in [5.41, 5.74) is 1.06. The number of benzene rings is 1. The first-order valence-electron chi connectivity index (χ1n) is 6.97. The van der Waals surface area contributed by atoms with E-state index in [-0.39, 0.29) is 11.9 Å². The van der Waals surface area contributed by atoms with E-state index in [9.17, 15) is 4.79 Å². The Morgan fingerprint density at radius 1 is 1.30 bits per heavy atom. The third-order valence-corrected chi connectivity index (χ3v) is 3.72. The molecule has 0 spiro atoms.